The lowest BCUT2D eigenvalue weighted by Crippen LogP contribution is -2.11. The summed E-state index contributed by atoms with van der Waals surface area (Å²) in [5.41, 5.74) is 0. The molecule has 2 rings (SSSR count). The van der Waals surface area contributed by atoms with Gasteiger partial charge in [-0.1, -0.05) is 76.8 Å². The topological polar surface area (TPSA) is 61.8 Å². The molecule has 0 N–H and O–H groups in total. The Morgan fingerprint density at radius 3 is 1.88 bits per heavy atom. The number of esters is 2. The number of benzene rings is 2. The average Bonchev–Trinajstić information content (AvgIpc) is 2.80. The largest absolute Gasteiger partial charge is 0.493 e. The van der Waals surface area contributed by atoms with Crippen LogP contribution in [0.4, 0.5) is 0 Å². The van der Waals surface area contributed by atoms with Crippen molar-refractivity contribution in [1.82, 2.24) is 0 Å². The monoisotopic (exact) mass is 476 g/mol. The molecule has 33 heavy (non-hydrogen) atoms. The second-order valence-electron chi connectivity index (χ2n) is 8.37. The van der Waals surface area contributed by atoms with Crippen molar-refractivity contribution in [2.24, 2.45) is 0 Å². The molecule has 0 aromatic heterocycles. The lowest BCUT2D eigenvalue weighted by Gasteiger charge is -2.16. The first kappa shape index (κ1) is 27.0. The van der Waals surface area contributed by atoms with Gasteiger partial charge in [0.15, 0.2) is 11.5 Å². The molecule has 182 valence electrons. The Balaban J connectivity index is 2.17. The second-order valence-corrected chi connectivity index (χ2v) is 8.81. The van der Waals surface area contributed by atoms with Crippen molar-refractivity contribution in [1.29, 1.82) is 0 Å². The molecule has 0 amide bonds. The molecule has 0 aliphatic carbocycles. The van der Waals surface area contributed by atoms with Gasteiger partial charge in [-0.25, -0.2) is 0 Å². The molecule has 0 saturated heterocycles. The Kier molecular flexibility index (Phi) is 12.1. The number of methoxy groups -OCH3 is 1. The zero-order valence-electron chi connectivity index (χ0n) is 20.2. The van der Waals surface area contributed by atoms with E-state index in [1.807, 2.05) is 0 Å². The normalized spacial score (nSPS) is 10.9. The van der Waals surface area contributed by atoms with Gasteiger partial charge in [-0.05, 0) is 31.0 Å². The van der Waals surface area contributed by atoms with E-state index < -0.39 is 0 Å². The molecule has 0 spiro atoms. The smallest absolute Gasteiger partial charge is 0.311 e. The summed E-state index contributed by atoms with van der Waals surface area (Å²) in [6, 6.07) is 6.77. The van der Waals surface area contributed by atoms with Crippen LogP contribution in [0.3, 0.4) is 0 Å². The van der Waals surface area contributed by atoms with Crippen LogP contribution in [0.1, 0.15) is 90.9 Å². The van der Waals surface area contributed by atoms with Crippen LogP contribution in [0, 0.1) is 0 Å². The lowest BCUT2D eigenvalue weighted by molar-refractivity contribution is -0.135. The molecule has 0 atom stereocenters. The number of hydrogen-bond acceptors (Lipinski definition) is 5. The fraction of sp³-hybridized carbons (Fsp3) is 0.556. The maximum absolute atomic E-state index is 12.5. The van der Waals surface area contributed by atoms with Gasteiger partial charge in [0.05, 0.1) is 7.11 Å². The van der Waals surface area contributed by atoms with E-state index in [0.717, 1.165) is 51.4 Å². The van der Waals surface area contributed by atoms with E-state index >= 15 is 0 Å². The van der Waals surface area contributed by atoms with Crippen molar-refractivity contribution < 1.29 is 23.8 Å². The molecule has 0 fully saturated rings. The molecule has 0 bridgehead atoms. The summed E-state index contributed by atoms with van der Waals surface area (Å²) in [6.45, 7) is 4.32. The predicted octanol–water partition coefficient (Wildman–Crippen LogP) is 8.03. The van der Waals surface area contributed by atoms with Crippen molar-refractivity contribution >= 4 is 34.3 Å². The summed E-state index contributed by atoms with van der Waals surface area (Å²) >= 11 is 6.22. The minimum Gasteiger partial charge on any atom is -0.493 e. The van der Waals surface area contributed by atoms with Gasteiger partial charge in [-0.3, -0.25) is 9.59 Å². The third kappa shape index (κ3) is 8.88. The number of unbranched alkanes of at least 4 members (excludes halogenated alkanes) is 8. The third-order valence-electron chi connectivity index (χ3n) is 5.61. The van der Waals surface area contributed by atoms with Crippen molar-refractivity contribution in [3.05, 3.63) is 29.3 Å². The van der Waals surface area contributed by atoms with Crippen molar-refractivity contribution in [2.75, 3.05) is 7.11 Å². The molecule has 0 saturated carbocycles. The number of carbonyl (C=O) groups is 2. The quantitative estimate of drug-likeness (QED) is 0.148. The average molecular weight is 477 g/mol. The second kappa shape index (κ2) is 14.8. The first-order valence-corrected chi connectivity index (χ1v) is 12.6. The van der Waals surface area contributed by atoms with Gasteiger partial charge in [0, 0.05) is 34.7 Å². The molecule has 2 aromatic rings. The summed E-state index contributed by atoms with van der Waals surface area (Å²) < 4.78 is 16.9. The van der Waals surface area contributed by atoms with Crippen LogP contribution in [0.5, 0.6) is 17.2 Å². The maximum Gasteiger partial charge on any atom is 0.311 e. The fourth-order valence-electron chi connectivity index (χ4n) is 3.74. The van der Waals surface area contributed by atoms with Crippen LogP contribution in [-0.2, 0) is 9.59 Å². The van der Waals surface area contributed by atoms with Crippen molar-refractivity contribution in [3.63, 3.8) is 0 Å². The number of carbonyl (C=O) groups excluding carboxylic acids is 2. The minimum absolute atomic E-state index is 0.299. The number of ether oxygens (including phenoxy) is 3. The molecule has 0 heterocycles. The summed E-state index contributed by atoms with van der Waals surface area (Å²) in [5.74, 6) is 0.406. The molecule has 0 aliphatic heterocycles. The van der Waals surface area contributed by atoms with Crippen molar-refractivity contribution in [2.45, 2.75) is 90.9 Å². The van der Waals surface area contributed by atoms with E-state index in [1.54, 1.807) is 24.3 Å². The standard InChI is InChI=1S/C27H37ClO5/c1-4-6-8-10-12-14-25(29)32-23-19-24(31-3)27(21-17-16-20(28)18-22(21)23)33-26(30)15-13-11-9-7-5-2/h16-19H,4-15H2,1-3H3. The molecule has 2 aromatic carbocycles. The summed E-state index contributed by atoms with van der Waals surface area (Å²) in [5, 5.41) is 1.72. The lowest BCUT2D eigenvalue weighted by atomic mass is 10.1. The van der Waals surface area contributed by atoms with E-state index in [2.05, 4.69) is 13.8 Å². The maximum atomic E-state index is 12.5. The highest BCUT2D eigenvalue weighted by atomic mass is 35.5. The van der Waals surface area contributed by atoms with Crippen LogP contribution in [-0.4, -0.2) is 19.0 Å². The highest BCUT2D eigenvalue weighted by molar-refractivity contribution is 6.31. The zero-order chi connectivity index (χ0) is 24.1. The summed E-state index contributed by atoms with van der Waals surface area (Å²) in [6.07, 6.45) is 11.2. The first-order valence-electron chi connectivity index (χ1n) is 12.2. The van der Waals surface area contributed by atoms with Gasteiger partial charge >= 0.3 is 11.9 Å². The Labute approximate surface area is 202 Å². The van der Waals surface area contributed by atoms with Gasteiger partial charge in [0.2, 0.25) is 0 Å². The first-order chi connectivity index (χ1) is 16.0. The highest BCUT2D eigenvalue weighted by Gasteiger charge is 2.20. The Morgan fingerprint density at radius 2 is 1.30 bits per heavy atom. The van der Waals surface area contributed by atoms with Crippen LogP contribution < -0.4 is 14.2 Å². The molecular weight excluding hydrogens is 440 g/mol. The molecular formula is C27H37ClO5. The van der Waals surface area contributed by atoms with Gasteiger partial charge in [-0.15, -0.1) is 0 Å². The Hall–Kier alpha value is -2.27. The molecule has 6 heteroatoms. The number of fused-ring (bicyclic) bond motifs is 1. The van der Waals surface area contributed by atoms with Gasteiger partial charge in [-0.2, -0.15) is 0 Å². The summed E-state index contributed by atoms with van der Waals surface area (Å²) in [4.78, 5) is 24.9. The Bertz CT molecular complexity index is 909. The van der Waals surface area contributed by atoms with Gasteiger partial charge in [0.25, 0.3) is 0 Å². The van der Waals surface area contributed by atoms with Crippen LogP contribution >= 0.6 is 11.6 Å². The molecule has 0 unspecified atom stereocenters. The van der Waals surface area contributed by atoms with E-state index in [-0.39, 0.29) is 11.9 Å². The number of halogens is 1. The molecule has 0 radical (unpaired) electrons. The van der Waals surface area contributed by atoms with E-state index in [9.17, 15) is 9.59 Å². The molecule has 5 nitrogen and oxygen atoms in total. The summed E-state index contributed by atoms with van der Waals surface area (Å²) in [7, 11) is 1.50. The predicted molar refractivity (Wildman–Crippen MR) is 134 cm³/mol. The third-order valence-corrected chi connectivity index (χ3v) is 5.84. The van der Waals surface area contributed by atoms with Gasteiger partial charge < -0.3 is 14.2 Å². The van der Waals surface area contributed by atoms with E-state index in [0.29, 0.717) is 45.9 Å². The zero-order valence-corrected chi connectivity index (χ0v) is 21.0. The van der Waals surface area contributed by atoms with Crippen LogP contribution in [0.15, 0.2) is 24.3 Å². The van der Waals surface area contributed by atoms with E-state index in [4.69, 9.17) is 25.8 Å². The van der Waals surface area contributed by atoms with Gasteiger partial charge in [0.1, 0.15) is 5.75 Å². The van der Waals surface area contributed by atoms with Crippen LogP contribution in [0.2, 0.25) is 5.02 Å². The Morgan fingerprint density at radius 1 is 0.727 bits per heavy atom. The van der Waals surface area contributed by atoms with Crippen LogP contribution in [0.25, 0.3) is 10.8 Å². The highest BCUT2D eigenvalue weighted by Crippen LogP contribution is 2.43. The number of rotatable bonds is 15. The fourth-order valence-corrected chi connectivity index (χ4v) is 3.91. The minimum atomic E-state index is -0.308. The number of hydrogen-bond donors (Lipinski definition) is 0. The van der Waals surface area contributed by atoms with Crippen molar-refractivity contribution in [3.8, 4) is 17.2 Å². The SMILES string of the molecule is CCCCCCCC(=O)Oc1cc(OC)c(OC(=O)CCCCCCC)c2ccc(Cl)cc12. The molecule has 0 aliphatic rings. The van der Waals surface area contributed by atoms with E-state index in [1.165, 1.54) is 20.0 Å².